The van der Waals surface area contributed by atoms with Gasteiger partial charge in [0.15, 0.2) is 0 Å². The third-order valence-electron chi connectivity index (χ3n) is 4.08. The van der Waals surface area contributed by atoms with E-state index in [4.69, 9.17) is 0 Å². The van der Waals surface area contributed by atoms with Crippen molar-refractivity contribution in [3.63, 3.8) is 0 Å². The van der Waals surface area contributed by atoms with Crippen LogP contribution in [0.15, 0.2) is 36.5 Å². The molecular weight excluding hydrogens is 305 g/mol. The zero-order valence-electron chi connectivity index (χ0n) is 14.1. The SMILES string of the molecule is CCCc1nc2ccc(F)cn2c1C(=O)Nc1c(C)cccc1C. The summed E-state index contributed by atoms with van der Waals surface area (Å²) in [6.07, 6.45) is 2.83. The van der Waals surface area contributed by atoms with Crippen LogP contribution < -0.4 is 5.32 Å². The molecule has 4 nitrogen and oxygen atoms in total. The number of para-hydroxylation sites is 1. The average molecular weight is 325 g/mol. The van der Waals surface area contributed by atoms with Crippen LogP contribution >= 0.6 is 0 Å². The zero-order chi connectivity index (χ0) is 17.3. The van der Waals surface area contributed by atoms with E-state index in [1.165, 1.54) is 16.7 Å². The molecular formula is C19H20FN3O. The minimum absolute atomic E-state index is 0.269. The maximum Gasteiger partial charge on any atom is 0.274 e. The average Bonchev–Trinajstić information content (AvgIpc) is 2.88. The van der Waals surface area contributed by atoms with Crippen molar-refractivity contribution in [2.75, 3.05) is 5.32 Å². The van der Waals surface area contributed by atoms with Crippen LogP contribution in [0.3, 0.4) is 0 Å². The number of carbonyl (C=O) groups excluding carboxylic acids is 1. The summed E-state index contributed by atoms with van der Waals surface area (Å²) in [5.74, 6) is -0.668. The number of aromatic nitrogens is 2. The molecule has 1 N–H and O–H groups in total. The second-order valence-corrected chi connectivity index (χ2v) is 5.95. The lowest BCUT2D eigenvalue weighted by Gasteiger charge is -2.12. The normalized spacial score (nSPS) is 11.0. The molecule has 3 rings (SSSR count). The molecule has 1 amide bonds. The van der Waals surface area contributed by atoms with Crippen molar-refractivity contribution in [1.29, 1.82) is 0 Å². The number of carbonyl (C=O) groups is 1. The number of nitrogens with one attached hydrogen (secondary N) is 1. The predicted octanol–water partition coefficient (Wildman–Crippen LogP) is 4.30. The lowest BCUT2D eigenvalue weighted by atomic mass is 10.1. The van der Waals surface area contributed by atoms with Crippen LogP contribution in [0, 0.1) is 19.7 Å². The van der Waals surface area contributed by atoms with Crippen molar-refractivity contribution in [3.05, 3.63) is 64.9 Å². The number of nitrogens with zero attached hydrogens (tertiary/aromatic N) is 2. The summed E-state index contributed by atoms with van der Waals surface area (Å²) in [4.78, 5) is 17.4. The summed E-state index contributed by atoms with van der Waals surface area (Å²) in [5, 5.41) is 2.97. The summed E-state index contributed by atoms with van der Waals surface area (Å²) < 4.78 is 15.2. The summed E-state index contributed by atoms with van der Waals surface area (Å²) in [5.41, 5.74) is 4.42. The first-order valence-corrected chi connectivity index (χ1v) is 8.05. The van der Waals surface area contributed by atoms with Crippen LogP contribution in [0.1, 0.15) is 40.7 Å². The van der Waals surface area contributed by atoms with E-state index in [0.29, 0.717) is 23.5 Å². The Morgan fingerprint density at radius 2 is 1.92 bits per heavy atom. The number of anilines is 1. The lowest BCUT2D eigenvalue weighted by molar-refractivity contribution is 0.102. The Labute approximate surface area is 140 Å². The van der Waals surface area contributed by atoms with Gasteiger partial charge < -0.3 is 5.32 Å². The number of aryl methyl sites for hydroxylation is 3. The Balaban J connectivity index is 2.08. The second-order valence-electron chi connectivity index (χ2n) is 5.95. The highest BCUT2D eigenvalue weighted by Crippen LogP contribution is 2.22. The highest BCUT2D eigenvalue weighted by molar-refractivity contribution is 6.05. The molecule has 0 aliphatic heterocycles. The molecule has 1 aromatic carbocycles. The molecule has 0 radical (unpaired) electrons. The number of hydrogen-bond acceptors (Lipinski definition) is 2. The summed E-state index contributed by atoms with van der Waals surface area (Å²) in [6, 6.07) is 8.79. The van der Waals surface area contributed by atoms with E-state index in [-0.39, 0.29) is 5.91 Å². The molecule has 0 bridgehead atoms. The van der Waals surface area contributed by atoms with E-state index in [2.05, 4.69) is 10.3 Å². The molecule has 2 heterocycles. The van der Waals surface area contributed by atoms with Crippen molar-refractivity contribution < 1.29 is 9.18 Å². The van der Waals surface area contributed by atoms with Gasteiger partial charge in [0.2, 0.25) is 0 Å². The van der Waals surface area contributed by atoms with Gasteiger partial charge in [-0.25, -0.2) is 9.37 Å². The van der Waals surface area contributed by atoms with Gasteiger partial charge >= 0.3 is 0 Å². The van der Waals surface area contributed by atoms with Gasteiger partial charge in [0, 0.05) is 11.9 Å². The van der Waals surface area contributed by atoms with E-state index < -0.39 is 5.82 Å². The molecule has 124 valence electrons. The van der Waals surface area contributed by atoms with Gasteiger partial charge in [0.1, 0.15) is 17.2 Å². The van der Waals surface area contributed by atoms with E-state index in [1.54, 1.807) is 6.07 Å². The lowest BCUT2D eigenvalue weighted by Crippen LogP contribution is -2.18. The van der Waals surface area contributed by atoms with Crippen molar-refractivity contribution in [2.45, 2.75) is 33.6 Å². The van der Waals surface area contributed by atoms with Gasteiger partial charge in [-0.05, 0) is 43.5 Å². The van der Waals surface area contributed by atoms with E-state index in [9.17, 15) is 9.18 Å². The molecule has 0 saturated carbocycles. The van der Waals surface area contributed by atoms with E-state index in [1.807, 2.05) is 39.0 Å². The first-order valence-electron chi connectivity index (χ1n) is 8.05. The van der Waals surface area contributed by atoms with Gasteiger partial charge in [-0.15, -0.1) is 0 Å². The van der Waals surface area contributed by atoms with Crippen molar-refractivity contribution in [2.24, 2.45) is 0 Å². The molecule has 0 unspecified atom stereocenters. The van der Waals surface area contributed by atoms with Gasteiger partial charge in [-0.1, -0.05) is 31.5 Å². The third kappa shape index (κ3) is 2.89. The number of halogens is 1. The Bertz CT molecular complexity index is 894. The van der Waals surface area contributed by atoms with Crippen LogP contribution in [-0.4, -0.2) is 15.3 Å². The van der Waals surface area contributed by atoms with Crippen LogP contribution in [0.25, 0.3) is 5.65 Å². The minimum atomic E-state index is -0.399. The maximum absolute atomic E-state index is 13.6. The first kappa shape index (κ1) is 16.2. The zero-order valence-corrected chi connectivity index (χ0v) is 14.1. The third-order valence-corrected chi connectivity index (χ3v) is 4.08. The molecule has 0 saturated heterocycles. The monoisotopic (exact) mass is 325 g/mol. The highest BCUT2D eigenvalue weighted by Gasteiger charge is 2.20. The fourth-order valence-corrected chi connectivity index (χ4v) is 2.90. The van der Waals surface area contributed by atoms with Crippen LogP contribution in [0.5, 0.6) is 0 Å². The smallest absolute Gasteiger partial charge is 0.274 e. The summed E-state index contributed by atoms with van der Waals surface area (Å²) in [6.45, 7) is 5.92. The van der Waals surface area contributed by atoms with Gasteiger partial charge in [0.05, 0.1) is 5.69 Å². The first-order chi connectivity index (χ1) is 11.5. The molecule has 5 heteroatoms. The standard InChI is InChI=1S/C19H20FN3O/c1-4-6-15-18(23-11-14(20)9-10-16(23)21-15)19(24)22-17-12(2)7-5-8-13(17)3/h5,7-11H,4,6H2,1-3H3,(H,22,24). The Morgan fingerprint density at radius 1 is 1.21 bits per heavy atom. The maximum atomic E-state index is 13.6. The summed E-state index contributed by atoms with van der Waals surface area (Å²) >= 11 is 0. The molecule has 24 heavy (non-hydrogen) atoms. The molecule has 0 atom stereocenters. The predicted molar refractivity (Wildman–Crippen MR) is 93.0 cm³/mol. The number of rotatable bonds is 4. The van der Waals surface area contributed by atoms with E-state index in [0.717, 1.165) is 23.2 Å². The Kier molecular flexibility index (Phi) is 4.34. The fourth-order valence-electron chi connectivity index (χ4n) is 2.90. The molecule has 0 spiro atoms. The minimum Gasteiger partial charge on any atom is -0.320 e. The van der Waals surface area contributed by atoms with Gasteiger partial charge in [0.25, 0.3) is 5.91 Å². The van der Waals surface area contributed by atoms with Gasteiger partial charge in [-0.2, -0.15) is 0 Å². The van der Waals surface area contributed by atoms with Crippen molar-refractivity contribution >= 4 is 17.2 Å². The molecule has 2 aromatic heterocycles. The number of amides is 1. The number of imidazole rings is 1. The van der Waals surface area contributed by atoms with Gasteiger partial charge in [-0.3, -0.25) is 9.20 Å². The van der Waals surface area contributed by atoms with E-state index >= 15 is 0 Å². The van der Waals surface area contributed by atoms with Crippen molar-refractivity contribution in [1.82, 2.24) is 9.38 Å². The van der Waals surface area contributed by atoms with Crippen molar-refractivity contribution in [3.8, 4) is 0 Å². The van der Waals surface area contributed by atoms with Crippen LogP contribution in [0.2, 0.25) is 0 Å². The number of hydrogen-bond donors (Lipinski definition) is 1. The fraction of sp³-hybridized carbons (Fsp3) is 0.263. The Hall–Kier alpha value is -2.69. The number of benzene rings is 1. The molecule has 0 aliphatic rings. The molecule has 0 fully saturated rings. The largest absolute Gasteiger partial charge is 0.320 e. The quantitative estimate of drug-likeness (QED) is 0.777. The molecule has 0 aliphatic carbocycles. The highest BCUT2D eigenvalue weighted by atomic mass is 19.1. The van der Waals surface area contributed by atoms with Crippen LogP contribution in [-0.2, 0) is 6.42 Å². The number of pyridine rings is 1. The second kappa shape index (κ2) is 6.43. The molecule has 3 aromatic rings. The Morgan fingerprint density at radius 3 is 2.58 bits per heavy atom. The van der Waals surface area contributed by atoms with Crippen LogP contribution in [0.4, 0.5) is 10.1 Å². The number of fused-ring (bicyclic) bond motifs is 1. The topological polar surface area (TPSA) is 46.4 Å². The summed E-state index contributed by atoms with van der Waals surface area (Å²) in [7, 11) is 0.